The molecule has 7 nitrogen and oxygen atoms in total. The SMILES string of the molecule is CNC(=O)N1N=C(c2ccc(-c3cccnc3Cl)cc2)c2cc(OC)c(OC)cc2C[C@@H]1C. The molecule has 0 spiro atoms. The van der Waals surface area contributed by atoms with Gasteiger partial charge in [0.15, 0.2) is 11.5 Å². The predicted molar refractivity (Wildman–Crippen MR) is 129 cm³/mol. The zero-order chi connectivity index (χ0) is 23.5. The van der Waals surface area contributed by atoms with Crippen molar-refractivity contribution in [2.45, 2.75) is 19.4 Å². The van der Waals surface area contributed by atoms with Crippen molar-refractivity contribution in [1.82, 2.24) is 15.3 Å². The number of hydrogen-bond acceptors (Lipinski definition) is 5. The van der Waals surface area contributed by atoms with Crippen molar-refractivity contribution in [3.63, 3.8) is 0 Å². The average molecular weight is 465 g/mol. The van der Waals surface area contributed by atoms with Crippen LogP contribution >= 0.6 is 11.6 Å². The van der Waals surface area contributed by atoms with Crippen LogP contribution in [0.5, 0.6) is 11.5 Å². The van der Waals surface area contributed by atoms with Gasteiger partial charge in [0.25, 0.3) is 0 Å². The van der Waals surface area contributed by atoms with Crippen molar-refractivity contribution in [3.05, 3.63) is 76.6 Å². The topological polar surface area (TPSA) is 76.1 Å². The lowest BCUT2D eigenvalue weighted by Gasteiger charge is -2.22. The van der Waals surface area contributed by atoms with E-state index >= 15 is 0 Å². The molecule has 1 aliphatic heterocycles. The first-order valence-electron chi connectivity index (χ1n) is 10.5. The number of rotatable bonds is 4. The van der Waals surface area contributed by atoms with Crippen LogP contribution in [0.2, 0.25) is 5.15 Å². The Labute approximate surface area is 198 Å². The van der Waals surface area contributed by atoms with Crippen molar-refractivity contribution >= 4 is 23.3 Å². The van der Waals surface area contributed by atoms with E-state index in [4.69, 9.17) is 26.2 Å². The first-order valence-corrected chi connectivity index (χ1v) is 10.9. The Hall–Kier alpha value is -3.58. The molecule has 0 bridgehead atoms. The molecule has 4 rings (SSSR count). The first-order chi connectivity index (χ1) is 16.0. The molecule has 3 aromatic rings. The molecular weight excluding hydrogens is 440 g/mol. The van der Waals surface area contributed by atoms with E-state index in [1.165, 1.54) is 5.01 Å². The van der Waals surface area contributed by atoms with E-state index in [1.54, 1.807) is 27.5 Å². The molecule has 1 aromatic heterocycles. The van der Waals surface area contributed by atoms with E-state index < -0.39 is 0 Å². The fourth-order valence-corrected chi connectivity index (χ4v) is 4.19. The summed E-state index contributed by atoms with van der Waals surface area (Å²) in [7, 11) is 4.81. The molecule has 1 aliphatic rings. The van der Waals surface area contributed by atoms with Crippen LogP contribution in [0.1, 0.15) is 23.6 Å². The van der Waals surface area contributed by atoms with Gasteiger partial charge in [0.1, 0.15) is 5.15 Å². The minimum absolute atomic E-state index is 0.159. The highest BCUT2D eigenvalue weighted by Crippen LogP contribution is 2.35. The van der Waals surface area contributed by atoms with Gasteiger partial charge in [-0.3, -0.25) is 0 Å². The van der Waals surface area contributed by atoms with Gasteiger partial charge in [-0.1, -0.05) is 35.9 Å². The van der Waals surface area contributed by atoms with Gasteiger partial charge in [0.05, 0.1) is 26.0 Å². The molecule has 170 valence electrons. The molecule has 1 atom stereocenters. The number of carbonyl (C=O) groups excluding carboxylic acids is 1. The quantitative estimate of drug-likeness (QED) is 0.565. The van der Waals surface area contributed by atoms with Gasteiger partial charge in [-0.25, -0.2) is 14.8 Å². The van der Waals surface area contributed by atoms with Gasteiger partial charge >= 0.3 is 6.03 Å². The van der Waals surface area contributed by atoms with E-state index in [0.29, 0.717) is 28.8 Å². The molecule has 0 radical (unpaired) electrons. The van der Waals surface area contributed by atoms with Gasteiger partial charge < -0.3 is 14.8 Å². The summed E-state index contributed by atoms with van der Waals surface area (Å²) in [5, 5.41) is 9.41. The molecule has 2 amide bonds. The highest BCUT2D eigenvalue weighted by atomic mass is 35.5. The Morgan fingerprint density at radius 3 is 2.36 bits per heavy atom. The average Bonchev–Trinajstić information content (AvgIpc) is 2.98. The summed E-state index contributed by atoms with van der Waals surface area (Å²) in [5.74, 6) is 1.24. The molecule has 8 heteroatoms. The fourth-order valence-electron chi connectivity index (χ4n) is 3.96. The highest BCUT2D eigenvalue weighted by molar-refractivity contribution is 6.32. The highest BCUT2D eigenvalue weighted by Gasteiger charge is 2.28. The third kappa shape index (κ3) is 4.36. The number of hydrazone groups is 1. The number of halogens is 1. The smallest absolute Gasteiger partial charge is 0.337 e. The monoisotopic (exact) mass is 464 g/mol. The lowest BCUT2D eigenvalue weighted by molar-refractivity contribution is 0.184. The van der Waals surface area contributed by atoms with E-state index in [1.807, 2.05) is 55.5 Å². The second kappa shape index (κ2) is 9.50. The summed E-state index contributed by atoms with van der Waals surface area (Å²) in [4.78, 5) is 16.8. The number of fused-ring (bicyclic) bond motifs is 1. The third-order valence-electron chi connectivity index (χ3n) is 5.66. The number of amides is 2. The summed E-state index contributed by atoms with van der Waals surface area (Å²) in [6, 6.07) is 15.1. The summed E-state index contributed by atoms with van der Waals surface area (Å²) < 4.78 is 11.1. The minimum Gasteiger partial charge on any atom is -0.493 e. The Kier molecular flexibility index (Phi) is 6.51. The summed E-state index contributed by atoms with van der Waals surface area (Å²) >= 11 is 6.27. The van der Waals surface area contributed by atoms with Crippen LogP contribution in [-0.4, -0.2) is 49.0 Å². The largest absolute Gasteiger partial charge is 0.493 e. The Balaban J connectivity index is 1.86. The molecule has 0 unspecified atom stereocenters. The summed E-state index contributed by atoms with van der Waals surface area (Å²) in [5.41, 5.74) is 5.22. The molecule has 0 saturated carbocycles. The molecule has 2 heterocycles. The number of benzene rings is 2. The van der Waals surface area contributed by atoms with E-state index in [0.717, 1.165) is 27.8 Å². The second-order valence-corrected chi connectivity index (χ2v) is 8.04. The van der Waals surface area contributed by atoms with Gasteiger partial charge in [-0.05, 0) is 48.7 Å². The number of methoxy groups -OCH3 is 2. The van der Waals surface area contributed by atoms with Gasteiger partial charge in [0, 0.05) is 29.9 Å². The fraction of sp³-hybridized carbons (Fsp3) is 0.240. The Morgan fingerprint density at radius 2 is 1.73 bits per heavy atom. The van der Waals surface area contributed by atoms with Crippen molar-refractivity contribution in [1.29, 1.82) is 0 Å². The maximum Gasteiger partial charge on any atom is 0.337 e. The van der Waals surface area contributed by atoms with Crippen LogP contribution < -0.4 is 14.8 Å². The standard InChI is InChI=1S/C25H25ClN4O3/c1-15-12-18-13-21(32-3)22(33-4)14-20(18)23(29-30(15)25(31)27-2)17-9-7-16(8-10-17)19-6-5-11-28-24(19)26/h5-11,13-15H,12H2,1-4H3,(H,27,31)/t15-/m0/s1. The van der Waals surface area contributed by atoms with Gasteiger partial charge in [-0.2, -0.15) is 5.10 Å². The second-order valence-electron chi connectivity index (χ2n) is 7.68. The number of carbonyl (C=O) groups is 1. The van der Waals surface area contributed by atoms with E-state index in [9.17, 15) is 4.79 Å². The van der Waals surface area contributed by atoms with Crippen LogP contribution in [0.15, 0.2) is 59.8 Å². The minimum atomic E-state index is -0.273. The number of nitrogens with one attached hydrogen (secondary N) is 1. The maximum absolute atomic E-state index is 12.6. The van der Waals surface area contributed by atoms with Crippen LogP contribution in [0, 0.1) is 0 Å². The zero-order valence-corrected chi connectivity index (χ0v) is 19.7. The number of hydrogen-bond donors (Lipinski definition) is 1. The van der Waals surface area contributed by atoms with Crippen LogP contribution in [0.25, 0.3) is 11.1 Å². The lowest BCUT2D eigenvalue weighted by Crippen LogP contribution is -2.41. The molecule has 1 N–H and O–H groups in total. The summed E-state index contributed by atoms with van der Waals surface area (Å²) in [6.07, 6.45) is 2.27. The molecular formula is C25H25ClN4O3. The van der Waals surface area contributed by atoms with Gasteiger partial charge in [0.2, 0.25) is 0 Å². The molecule has 2 aromatic carbocycles. The molecule has 33 heavy (non-hydrogen) atoms. The predicted octanol–water partition coefficient (Wildman–Crippen LogP) is 4.76. The van der Waals surface area contributed by atoms with Crippen LogP contribution in [0.3, 0.4) is 0 Å². The summed E-state index contributed by atoms with van der Waals surface area (Å²) in [6.45, 7) is 1.97. The van der Waals surface area contributed by atoms with Crippen molar-refractivity contribution in [3.8, 4) is 22.6 Å². The number of ether oxygens (including phenoxy) is 2. The number of nitrogens with zero attached hydrogens (tertiary/aromatic N) is 3. The van der Waals surface area contributed by atoms with Crippen molar-refractivity contribution < 1.29 is 14.3 Å². The maximum atomic E-state index is 12.6. The van der Waals surface area contributed by atoms with E-state index in [-0.39, 0.29) is 12.1 Å². The van der Waals surface area contributed by atoms with Crippen molar-refractivity contribution in [2.24, 2.45) is 5.10 Å². The van der Waals surface area contributed by atoms with Crippen LogP contribution in [0.4, 0.5) is 4.79 Å². The number of aromatic nitrogens is 1. The van der Waals surface area contributed by atoms with E-state index in [2.05, 4.69) is 10.3 Å². The normalized spacial score (nSPS) is 15.2. The third-order valence-corrected chi connectivity index (χ3v) is 5.96. The Morgan fingerprint density at radius 1 is 1.06 bits per heavy atom. The number of urea groups is 1. The Bertz CT molecular complexity index is 1210. The molecule has 0 fully saturated rings. The number of pyridine rings is 1. The first kappa shape index (κ1) is 22.6. The van der Waals surface area contributed by atoms with Crippen molar-refractivity contribution in [2.75, 3.05) is 21.3 Å². The van der Waals surface area contributed by atoms with Crippen LogP contribution in [-0.2, 0) is 6.42 Å². The van der Waals surface area contributed by atoms with Gasteiger partial charge in [-0.15, -0.1) is 0 Å². The lowest BCUT2D eigenvalue weighted by atomic mass is 9.93. The molecule has 0 saturated heterocycles. The zero-order valence-electron chi connectivity index (χ0n) is 18.9. The molecule has 0 aliphatic carbocycles.